The maximum atomic E-state index is 5.16. The molecule has 2 aromatic carbocycles. The van der Waals surface area contributed by atoms with Gasteiger partial charge in [0.05, 0.1) is 12.8 Å². The van der Waals surface area contributed by atoms with Gasteiger partial charge >= 0.3 is 27.5 Å². The van der Waals surface area contributed by atoms with Crippen molar-refractivity contribution in [2.24, 2.45) is 4.99 Å². The van der Waals surface area contributed by atoms with E-state index in [-0.39, 0.29) is 7.43 Å². The van der Waals surface area contributed by atoms with Crippen molar-refractivity contribution in [3.05, 3.63) is 67.1 Å². The molecule has 3 rings (SSSR count). The van der Waals surface area contributed by atoms with Gasteiger partial charge in [0.1, 0.15) is 5.75 Å². The van der Waals surface area contributed by atoms with Gasteiger partial charge in [-0.05, 0) is 36.4 Å². The van der Waals surface area contributed by atoms with Crippen LogP contribution in [0.5, 0.6) is 5.75 Å². The Kier molecular flexibility index (Phi) is 8.40. The summed E-state index contributed by atoms with van der Waals surface area (Å²) in [6.45, 7) is 0. The number of nitrogens with zero attached hydrogens (tertiary/aromatic N) is 1. The molecule has 0 aromatic heterocycles. The Morgan fingerprint density at radius 2 is 1.86 bits per heavy atom. The van der Waals surface area contributed by atoms with Crippen molar-refractivity contribution in [1.29, 1.82) is 0 Å². The Labute approximate surface area is 147 Å². The van der Waals surface area contributed by atoms with Gasteiger partial charge in [0.15, 0.2) is 0 Å². The molecular weight excluding hydrogens is 474 g/mol. The molecule has 4 heteroatoms. The Morgan fingerprint density at radius 1 is 1.14 bits per heavy atom. The fourth-order valence-corrected chi connectivity index (χ4v) is 2.44. The van der Waals surface area contributed by atoms with Crippen molar-refractivity contribution in [3.8, 4) is 5.75 Å². The molecule has 0 fully saturated rings. The van der Waals surface area contributed by atoms with Crippen LogP contribution in [0.1, 0.15) is 24.0 Å². The summed E-state index contributed by atoms with van der Waals surface area (Å²) in [7, 11) is 6.31. The number of hydrogen-bond donors (Lipinski definition) is 0. The monoisotopic (exact) mass is 493 g/mol. The first-order valence-corrected chi connectivity index (χ1v) is 9.68. The summed E-state index contributed by atoms with van der Waals surface area (Å²) in [5.41, 5.74) is 4.67. The molecule has 0 saturated heterocycles. The zero-order valence-corrected chi connectivity index (χ0v) is 15.9. The van der Waals surface area contributed by atoms with Crippen LogP contribution in [0.4, 0.5) is 5.69 Å². The quantitative estimate of drug-likeness (QED) is 0.535. The van der Waals surface area contributed by atoms with Crippen LogP contribution in [0, 0.1) is 13.5 Å². The molecule has 2 nitrogen and oxygen atoms in total. The van der Waals surface area contributed by atoms with Crippen molar-refractivity contribution in [2.75, 3.05) is 7.11 Å². The molecular formula is C18H19ClIrNO. The van der Waals surface area contributed by atoms with Gasteiger partial charge in [0.25, 0.3) is 0 Å². The van der Waals surface area contributed by atoms with Crippen LogP contribution in [0.3, 0.4) is 0 Å². The molecule has 22 heavy (non-hydrogen) atoms. The van der Waals surface area contributed by atoms with Crippen molar-refractivity contribution in [1.82, 2.24) is 0 Å². The Bertz CT molecular complexity index is 611. The minimum atomic E-state index is 0. The summed E-state index contributed by atoms with van der Waals surface area (Å²) >= 11 is 1.47. The molecule has 1 aliphatic rings. The Morgan fingerprint density at radius 3 is 2.55 bits per heavy atom. The van der Waals surface area contributed by atoms with E-state index in [2.05, 4.69) is 27.8 Å². The summed E-state index contributed by atoms with van der Waals surface area (Å²) in [4.78, 5) is 4.76. The SMILES string of the molecule is COc1ccc(N=C2CCCc3ccc[c-]c32)cc1.[CH3-].[Cl][Ir+2]. The summed E-state index contributed by atoms with van der Waals surface area (Å²) in [6, 6.07) is 17.4. The van der Waals surface area contributed by atoms with Crippen LogP contribution < -0.4 is 4.74 Å². The number of fused-ring (bicyclic) bond motifs is 1. The zero-order valence-electron chi connectivity index (χ0n) is 12.7. The average Bonchev–Trinajstić information content (AvgIpc) is 2.58. The average molecular weight is 493 g/mol. The van der Waals surface area contributed by atoms with E-state index in [1.807, 2.05) is 30.3 Å². The standard InChI is InChI=1S/C17H16NO.CH3.ClH.Ir/c1-19-15-11-9-14(10-12-15)18-17-8-4-6-13-5-2-3-7-16(13)17;;;/h2-3,5,9-12H,4,6,8H2,1H3;1H3;1H;/q2*-1;;+3/p-1. The van der Waals surface area contributed by atoms with Crippen molar-refractivity contribution >= 4 is 21.0 Å². The molecule has 2 aromatic rings. The molecule has 0 spiro atoms. The maximum absolute atomic E-state index is 5.16. The number of methoxy groups -OCH3 is 1. The summed E-state index contributed by atoms with van der Waals surface area (Å²) < 4.78 is 5.16. The van der Waals surface area contributed by atoms with E-state index in [0.29, 0.717) is 0 Å². The van der Waals surface area contributed by atoms with Crippen molar-refractivity contribution < 1.29 is 22.6 Å². The molecule has 0 heterocycles. The molecule has 0 N–H and O–H groups in total. The molecule has 0 unspecified atom stereocenters. The predicted molar refractivity (Wildman–Crippen MR) is 89.7 cm³/mol. The number of aryl methyl sites for hydroxylation is 1. The molecule has 0 saturated carbocycles. The zero-order chi connectivity index (χ0) is 15.1. The van der Waals surface area contributed by atoms with Crippen molar-refractivity contribution in [2.45, 2.75) is 19.3 Å². The van der Waals surface area contributed by atoms with E-state index in [0.717, 1.165) is 30.0 Å². The molecule has 1 aliphatic carbocycles. The third kappa shape index (κ3) is 4.67. The van der Waals surface area contributed by atoms with Gasteiger partial charge in [0, 0.05) is 0 Å². The van der Waals surface area contributed by atoms with Gasteiger partial charge in [0.2, 0.25) is 0 Å². The van der Waals surface area contributed by atoms with E-state index < -0.39 is 0 Å². The molecule has 118 valence electrons. The van der Waals surface area contributed by atoms with Crippen LogP contribution >= 0.6 is 9.58 Å². The van der Waals surface area contributed by atoms with Gasteiger partial charge in [-0.2, -0.15) is 0 Å². The second-order valence-electron chi connectivity index (χ2n) is 4.68. The van der Waals surface area contributed by atoms with Crippen LogP contribution in [-0.2, 0) is 24.3 Å². The van der Waals surface area contributed by atoms with Crippen LogP contribution in [0.15, 0.2) is 47.5 Å². The first-order valence-electron chi connectivity index (χ1n) is 6.71. The third-order valence-electron chi connectivity index (χ3n) is 3.43. The second-order valence-corrected chi connectivity index (χ2v) is 4.68. The van der Waals surface area contributed by atoms with Crippen LogP contribution in [0.2, 0.25) is 0 Å². The van der Waals surface area contributed by atoms with Gasteiger partial charge in [-0.3, -0.25) is 0 Å². The third-order valence-corrected chi connectivity index (χ3v) is 3.43. The summed E-state index contributed by atoms with van der Waals surface area (Å²) in [6.07, 6.45) is 3.33. The molecule has 0 amide bonds. The van der Waals surface area contributed by atoms with Gasteiger partial charge in [-0.15, -0.1) is 35.4 Å². The van der Waals surface area contributed by atoms with E-state index in [1.165, 1.54) is 35.4 Å². The van der Waals surface area contributed by atoms with Crippen molar-refractivity contribution in [3.63, 3.8) is 0 Å². The first kappa shape index (κ1) is 18.9. The molecule has 0 radical (unpaired) electrons. The number of aliphatic imine (C=N–C) groups is 1. The van der Waals surface area contributed by atoms with E-state index >= 15 is 0 Å². The van der Waals surface area contributed by atoms with Crippen LogP contribution in [-0.4, -0.2) is 12.8 Å². The first-order chi connectivity index (χ1) is 10.4. The fourth-order valence-electron chi connectivity index (χ4n) is 2.44. The van der Waals surface area contributed by atoms with Gasteiger partial charge in [-0.1, -0.05) is 12.8 Å². The number of hydrogen-bond acceptors (Lipinski definition) is 2. The van der Waals surface area contributed by atoms with Gasteiger partial charge in [-0.25, -0.2) is 0 Å². The normalized spacial score (nSPS) is 14.2. The predicted octanol–water partition coefficient (Wildman–Crippen LogP) is 5.09. The number of ether oxygens (including phenoxy) is 1. The fraction of sp³-hybridized carbons (Fsp3) is 0.222. The van der Waals surface area contributed by atoms with E-state index in [1.54, 1.807) is 7.11 Å². The number of rotatable bonds is 2. The minimum absolute atomic E-state index is 0. The second kappa shape index (κ2) is 9.78. The summed E-state index contributed by atoms with van der Waals surface area (Å²) in [5, 5.41) is 0. The molecule has 0 aliphatic heterocycles. The molecule has 0 atom stereocenters. The molecule has 0 bridgehead atoms. The Balaban J connectivity index is 0.000000775. The summed E-state index contributed by atoms with van der Waals surface area (Å²) in [5.74, 6) is 0.861. The van der Waals surface area contributed by atoms with Gasteiger partial charge < -0.3 is 17.2 Å². The topological polar surface area (TPSA) is 21.6 Å². The van der Waals surface area contributed by atoms with E-state index in [4.69, 9.17) is 9.73 Å². The van der Waals surface area contributed by atoms with E-state index in [9.17, 15) is 0 Å². The number of halogens is 1. The van der Waals surface area contributed by atoms with Crippen LogP contribution in [0.25, 0.3) is 0 Å². The number of benzene rings is 2. The Hall–Kier alpha value is -1.15.